The lowest BCUT2D eigenvalue weighted by atomic mass is 10.1. The Hall–Kier alpha value is -3.16. The van der Waals surface area contributed by atoms with E-state index in [0.717, 1.165) is 11.6 Å². The number of aryl methyl sites for hydroxylation is 1. The molecule has 0 bridgehead atoms. The zero-order valence-electron chi connectivity index (χ0n) is 15.5. The molecule has 4 aromatic rings. The summed E-state index contributed by atoms with van der Waals surface area (Å²) in [7, 11) is 0. The fraction of sp³-hybridized carbons (Fsp3) is 0.0476. The number of hydrogen-bond donors (Lipinski definition) is 3. The van der Waals surface area contributed by atoms with Crippen LogP contribution in [0.4, 0.5) is 26.1 Å². The number of nitrogens with one attached hydrogen (secondary N) is 3. The summed E-state index contributed by atoms with van der Waals surface area (Å²) in [5, 5.41) is 5.33. The molecule has 0 radical (unpaired) electrons. The Morgan fingerprint density at radius 1 is 1.03 bits per heavy atom. The molecule has 0 aliphatic heterocycles. The van der Waals surface area contributed by atoms with Crippen LogP contribution in [0.2, 0.25) is 10.0 Å². The van der Waals surface area contributed by atoms with Gasteiger partial charge in [0.1, 0.15) is 5.82 Å². The number of carbonyl (C=O) groups excluding carboxylic acids is 1. The quantitative estimate of drug-likeness (QED) is 0.315. The molecule has 1 heterocycles. The molecule has 3 aromatic carbocycles. The molecule has 0 unspecified atom stereocenters. The second kappa shape index (κ2) is 7.93. The largest absolute Gasteiger partial charge is 0.324 e. The highest BCUT2D eigenvalue weighted by molar-refractivity contribution is 6.35. The first-order valence-corrected chi connectivity index (χ1v) is 9.55. The van der Waals surface area contributed by atoms with E-state index in [1.165, 1.54) is 18.2 Å². The first kappa shape index (κ1) is 20.1. The maximum absolute atomic E-state index is 14.5. The number of aromatic amines is 1. The number of nitrogens with zero attached hydrogens (tertiary/aromatic N) is 1. The Balaban J connectivity index is 1.64. The summed E-state index contributed by atoms with van der Waals surface area (Å²) < 4.78 is 28.8. The van der Waals surface area contributed by atoms with Crippen LogP contribution in [0.15, 0.2) is 48.5 Å². The van der Waals surface area contributed by atoms with Crippen molar-refractivity contribution >= 4 is 57.5 Å². The maximum Gasteiger partial charge on any atom is 0.258 e. The van der Waals surface area contributed by atoms with Crippen LogP contribution >= 0.6 is 23.2 Å². The van der Waals surface area contributed by atoms with Crippen molar-refractivity contribution in [3.63, 3.8) is 0 Å². The van der Waals surface area contributed by atoms with Gasteiger partial charge in [-0.05, 0) is 37.3 Å². The normalized spacial score (nSPS) is 11.0. The molecular formula is C21H14Cl2F2N4O. The van der Waals surface area contributed by atoms with Crippen molar-refractivity contribution in [1.82, 2.24) is 9.97 Å². The van der Waals surface area contributed by atoms with Gasteiger partial charge in [0.05, 0.1) is 32.3 Å². The fourth-order valence-corrected chi connectivity index (χ4v) is 3.21. The number of aromatic nitrogens is 2. The zero-order valence-corrected chi connectivity index (χ0v) is 17.0. The lowest BCUT2D eigenvalue weighted by Gasteiger charge is -2.07. The topological polar surface area (TPSA) is 69.8 Å². The van der Waals surface area contributed by atoms with Crippen LogP contribution in [0.5, 0.6) is 0 Å². The van der Waals surface area contributed by atoms with Gasteiger partial charge in [-0.15, -0.1) is 0 Å². The van der Waals surface area contributed by atoms with Crippen molar-refractivity contribution in [1.29, 1.82) is 0 Å². The van der Waals surface area contributed by atoms with E-state index < -0.39 is 17.5 Å². The molecule has 0 aliphatic carbocycles. The van der Waals surface area contributed by atoms with Gasteiger partial charge in [0.2, 0.25) is 5.95 Å². The van der Waals surface area contributed by atoms with E-state index in [0.29, 0.717) is 16.7 Å². The number of imidazole rings is 1. The Bertz CT molecular complexity index is 1270. The molecule has 0 fully saturated rings. The van der Waals surface area contributed by atoms with Crippen LogP contribution in [-0.2, 0) is 0 Å². The van der Waals surface area contributed by atoms with Crippen LogP contribution in [-0.4, -0.2) is 15.9 Å². The molecule has 3 N–H and O–H groups in total. The molecule has 30 heavy (non-hydrogen) atoms. The molecule has 5 nitrogen and oxygen atoms in total. The van der Waals surface area contributed by atoms with Crippen molar-refractivity contribution in [3.05, 3.63) is 81.3 Å². The summed E-state index contributed by atoms with van der Waals surface area (Å²) in [4.78, 5) is 19.6. The van der Waals surface area contributed by atoms with Crippen molar-refractivity contribution in [2.24, 2.45) is 0 Å². The monoisotopic (exact) mass is 446 g/mol. The van der Waals surface area contributed by atoms with Crippen molar-refractivity contribution < 1.29 is 13.6 Å². The van der Waals surface area contributed by atoms with Gasteiger partial charge < -0.3 is 15.6 Å². The minimum Gasteiger partial charge on any atom is -0.324 e. The van der Waals surface area contributed by atoms with Gasteiger partial charge in [0, 0.05) is 11.8 Å². The minimum atomic E-state index is -0.742. The van der Waals surface area contributed by atoms with E-state index in [1.54, 1.807) is 12.1 Å². The van der Waals surface area contributed by atoms with Crippen molar-refractivity contribution in [3.8, 4) is 0 Å². The number of benzene rings is 3. The van der Waals surface area contributed by atoms with E-state index in [2.05, 4.69) is 20.6 Å². The Morgan fingerprint density at radius 2 is 1.73 bits per heavy atom. The van der Waals surface area contributed by atoms with Gasteiger partial charge in [0.15, 0.2) is 5.82 Å². The molecule has 152 valence electrons. The maximum atomic E-state index is 14.5. The first-order chi connectivity index (χ1) is 14.3. The van der Waals surface area contributed by atoms with Crippen LogP contribution < -0.4 is 10.6 Å². The van der Waals surface area contributed by atoms with Gasteiger partial charge in [0.25, 0.3) is 5.91 Å². The second-order valence-corrected chi connectivity index (χ2v) is 7.41. The average molecular weight is 447 g/mol. The third-order valence-electron chi connectivity index (χ3n) is 4.41. The highest BCUT2D eigenvalue weighted by Gasteiger charge is 2.17. The Labute approximate surface area is 180 Å². The summed E-state index contributed by atoms with van der Waals surface area (Å²) in [5.41, 5.74) is 1.97. The van der Waals surface area contributed by atoms with E-state index in [9.17, 15) is 13.6 Å². The first-order valence-electron chi connectivity index (χ1n) is 8.79. The number of halogens is 4. The smallest absolute Gasteiger partial charge is 0.258 e. The summed E-state index contributed by atoms with van der Waals surface area (Å²) in [5.74, 6) is -1.97. The van der Waals surface area contributed by atoms with Crippen LogP contribution in [0.1, 0.15) is 15.9 Å². The van der Waals surface area contributed by atoms with E-state index >= 15 is 0 Å². The van der Waals surface area contributed by atoms with Crippen LogP contribution in [0.3, 0.4) is 0 Å². The second-order valence-electron chi connectivity index (χ2n) is 6.60. The molecular weight excluding hydrogens is 433 g/mol. The lowest BCUT2D eigenvalue weighted by molar-refractivity contribution is 0.102. The lowest BCUT2D eigenvalue weighted by Crippen LogP contribution is -2.13. The van der Waals surface area contributed by atoms with Gasteiger partial charge >= 0.3 is 0 Å². The minimum absolute atomic E-state index is 0.0685. The Morgan fingerprint density at radius 3 is 2.47 bits per heavy atom. The molecule has 0 atom stereocenters. The Kier molecular flexibility index (Phi) is 5.32. The molecule has 9 heteroatoms. The number of carbonyl (C=O) groups is 1. The molecule has 1 aromatic heterocycles. The van der Waals surface area contributed by atoms with Crippen molar-refractivity contribution in [2.75, 3.05) is 10.6 Å². The summed E-state index contributed by atoms with van der Waals surface area (Å²) in [6, 6.07) is 12.3. The van der Waals surface area contributed by atoms with E-state index in [1.807, 2.05) is 19.1 Å². The van der Waals surface area contributed by atoms with Gasteiger partial charge in [-0.2, -0.15) is 0 Å². The molecule has 1 amide bonds. The van der Waals surface area contributed by atoms with E-state index in [-0.39, 0.29) is 27.2 Å². The van der Waals surface area contributed by atoms with Gasteiger partial charge in [-0.1, -0.05) is 40.9 Å². The number of amides is 1. The zero-order chi connectivity index (χ0) is 21.4. The van der Waals surface area contributed by atoms with Gasteiger partial charge in [-0.3, -0.25) is 4.79 Å². The van der Waals surface area contributed by atoms with E-state index in [4.69, 9.17) is 23.2 Å². The third-order valence-corrected chi connectivity index (χ3v) is 5.02. The molecule has 0 saturated heterocycles. The molecule has 0 aliphatic rings. The predicted molar refractivity (Wildman–Crippen MR) is 115 cm³/mol. The van der Waals surface area contributed by atoms with Gasteiger partial charge in [-0.25, -0.2) is 13.8 Å². The number of rotatable bonds is 4. The predicted octanol–water partition coefficient (Wildman–Crippen LogP) is 6.45. The van der Waals surface area contributed by atoms with Crippen LogP contribution in [0, 0.1) is 18.6 Å². The van der Waals surface area contributed by atoms with Crippen LogP contribution in [0.25, 0.3) is 11.0 Å². The number of H-pyrrole nitrogens is 1. The number of anilines is 3. The molecule has 4 rings (SSSR count). The summed E-state index contributed by atoms with van der Waals surface area (Å²) in [6.45, 7) is 1.92. The SMILES string of the molecule is Cc1ccc(NC(=O)c2cc3nc(Nc4c(Cl)ccc(Cl)c4F)[nH]c3cc2F)cc1. The fourth-order valence-electron chi connectivity index (χ4n) is 2.86. The highest BCUT2D eigenvalue weighted by Crippen LogP contribution is 2.32. The molecule has 0 saturated carbocycles. The molecule has 0 spiro atoms. The standard InChI is InChI=1S/C21H14Cl2F2N4O/c1-10-2-4-11(5-3-10)26-20(30)12-8-16-17(9-15(12)24)28-21(27-16)29-19-14(23)7-6-13(22)18(19)25/h2-9H,1H3,(H,26,30)(H2,27,28,29). The summed E-state index contributed by atoms with van der Waals surface area (Å²) in [6.07, 6.45) is 0. The number of fused-ring (bicyclic) bond motifs is 1. The average Bonchev–Trinajstić information content (AvgIpc) is 3.10. The summed E-state index contributed by atoms with van der Waals surface area (Å²) >= 11 is 11.8. The third kappa shape index (κ3) is 3.94. The van der Waals surface area contributed by atoms with Crippen molar-refractivity contribution in [2.45, 2.75) is 6.92 Å². The highest BCUT2D eigenvalue weighted by atomic mass is 35.5. The number of hydrogen-bond acceptors (Lipinski definition) is 3.